The van der Waals surface area contributed by atoms with Crippen LogP contribution in [0.25, 0.3) is 0 Å². The Morgan fingerprint density at radius 3 is 2.43 bits per heavy atom. The van der Waals surface area contributed by atoms with Crippen molar-refractivity contribution in [2.24, 2.45) is 0 Å². The number of piperazine rings is 1. The predicted molar refractivity (Wildman–Crippen MR) is 97.5 cm³/mol. The SMILES string of the molecule is CN1CCN(C2CCCCN(c3nc(C(C)(C)C)ns3)C2)CC1. The van der Waals surface area contributed by atoms with Crippen LogP contribution in [0.5, 0.6) is 0 Å². The van der Waals surface area contributed by atoms with Gasteiger partial charge < -0.3 is 9.80 Å². The average Bonchev–Trinajstić information content (AvgIpc) is 2.88. The molecule has 1 aromatic heterocycles. The normalized spacial score (nSPS) is 25.6. The highest BCUT2D eigenvalue weighted by atomic mass is 32.1. The van der Waals surface area contributed by atoms with Crippen LogP contribution in [0, 0.1) is 0 Å². The number of nitrogens with zero attached hydrogens (tertiary/aromatic N) is 5. The molecule has 2 fully saturated rings. The first-order valence-corrected chi connectivity index (χ1v) is 9.72. The molecule has 0 aromatic carbocycles. The Balaban J connectivity index is 1.68. The molecule has 0 spiro atoms. The molecule has 2 aliphatic heterocycles. The first kappa shape index (κ1) is 17.1. The molecule has 0 saturated carbocycles. The lowest BCUT2D eigenvalue weighted by Gasteiger charge is -2.39. The average molecular weight is 338 g/mol. The molecule has 0 bridgehead atoms. The second-order valence-electron chi connectivity index (χ2n) is 8.09. The molecule has 1 atom stereocenters. The largest absolute Gasteiger partial charge is 0.345 e. The van der Waals surface area contributed by atoms with E-state index < -0.39 is 0 Å². The monoisotopic (exact) mass is 337 g/mol. The topological polar surface area (TPSA) is 35.5 Å². The van der Waals surface area contributed by atoms with Crippen molar-refractivity contribution in [1.82, 2.24) is 19.2 Å². The summed E-state index contributed by atoms with van der Waals surface area (Å²) >= 11 is 1.58. The maximum atomic E-state index is 4.85. The van der Waals surface area contributed by atoms with Gasteiger partial charge in [-0.1, -0.05) is 27.2 Å². The fourth-order valence-corrected chi connectivity index (χ4v) is 4.32. The molecule has 2 saturated heterocycles. The molecule has 0 radical (unpaired) electrons. The van der Waals surface area contributed by atoms with Crippen molar-refractivity contribution in [3.8, 4) is 0 Å². The van der Waals surface area contributed by atoms with Crippen molar-refractivity contribution in [3.63, 3.8) is 0 Å². The van der Waals surface area contributed by atoms with Crippen LogP contribution in [-0.4, -0.2) is 71.5 Å². The van der Waals surface area contributed by atoms with E-state index in [2.05, 4.69) is 46.9 Å². The van der Waals surface area contributed by atoms with Crippen LogP contribution < -0.4 is 4.90 Å². The third-order valence-corrected chi connectivity index (χ3v) is 5.83. The highest BCUT2D eigenvalue weighted by molar-refractivity contribution is 7.09. The minimum Gasteiger partial charge on any atom is -0.345 e. The van der Waals surface area contributed by atoms with E-state index in [0.29, 0.717) is 6.04 Å². The molecule has 23 heavy (non-hydrogen) atoms. The Hall–Kier alpha value is -0.720. The van der Waals surface area contributed by atoms with Crippen LogP contribution in [0.1, 0.15) is 45.9 Å². The number of hydrogen-bond donors (Lipinski definition) is 0. The van der Waals surface area contributed by atoms with Crippen LogP contribution in [0.2, 0.25) is 0 Å². The van der Waals surface area contributed by atoms with E-state index in [9.17, 15) is 0 Å². The summed E-state index contributed by atoms with van der Waals surface area (Å²) in [5.74, 6) is 0.984. The lowest BCUT2D eigenvalue weighted by Crippen LogP contribution is -2.52. The third kappa shape index (κ3) is 4.22. The number of anilines is 1. The van der Waals surface area contributed by atoms with Gasteiger partial charge in [0.15, 0.2) is 0 Å². The Labute approximate surface area is 144 Å². The summed E-state index contributed by atoms with van der Waals surface area (Å²) in [5, 5.41) is 1.12. The van der Waals surface area contributed by atoms with Crippen molar-refractivity contribution < 1.29 is 0 Å². The molecule has 3 heterocycles. The first-order chi connectivity index (χ1) is 10.9. The fraction of sp³-hybridized carbons (Fsp3) is 0.882. The summed E-state index contributed by atoms with van der Waals surface area (Å²) in [5.41, 5.74) is 0.0391. The molecule has 6 heteroatoms. The summed E-state index contributed by atoms with van der Waals surface area (Å²) in [6.45, 7) is 13.6. The molecule has 0 amide bonds. The van der Waals surface area contributed by atoms with Gasteiger partial charge in [-0.3, -0.25) is 4.90 Å². The second-order valence-corrected chi connectivity index (χ2v) is 8.82. The van der Waals surface area contributed by atoms with Gasteiger partial charge in [-0.15, -0.1) is 0 Å². The van der Waals surface area contributed by atoms with Gasteiger partial charge in [0, 0.05) is 62.3 Å². The molecule has 0 N–H and O–H groups in total. The number of likely N-dealkylation sites (N-methyl/N-ethyl adjacent to an activating group) is 1. The van der Waals surface area contributed by atoms with Crippen molar-refractivity contribution in [3.05, 3.63) is 5.82 Å². The van der Waals surface area contributed by atoms with Crippen LogP contribution in [0.4, 0.5) is 5.13 Å². The lowest BCUT2D eigenvalue weighted by molar-refractivity contribution is 0.110. The van der Waals surface area contributed by atoms with E-state index in [4.69, 9.17) is 4.98 Å². The maximum Gasteiger partial charge on any atom is 0.205 e. The number of hydrogen-bond acceptors (Lipinski definition) is 6. The smallest absolute Gasteiger partial charge is 0.205 e. The highest BCUT2D eigenvalue weighted by Crippen LogP contribution is 2.28. The van der Waals surface area contributed by atoms with Gasteiger partial charge in [0.25, 0.3) is 0 Å². The van der Waals surface area contributed by atoms with Gasteiger partial charge in [-0.05, 0) is 19.9 Å². The zero-order valence-corrected chi connectivity index (χ0v) is 15.9. The van der Waals surface area contributed by atoms with E-state index in [0.717, 1.165) is 24.0 Å². The number of aromatic nitrogens is 2. The Morgan fingerprint density at radius 2 is 1.78 bits per heavy atom. The van der Waals surface area contributed by atoms with Crippen molar-refractivity contribution in [2.75, 3.05) is 51.2 Å². The Bertz CT molecular complexity index is 501. The molecule has 1 unspecified atom stereocenters. The van der Waals surface area contributed by atoms with Crippen molar-refractivity contribution >= 4 is 16.7 Å². The summed E-state index contributed by atoms with van der Waals surface area (Å²) in [4.78, 5) is 12.5. The minimum absolute atomic E-state index is 0.0391. The Kier molecular flexibility index (Phi) is 5.23. The summed E-state index contributed by atoms with van der Waals surface area (Å²) in [7, 11) is 2.23. The minimum atomic E-state index is 0.0391. The molecule has 5 nitrogen and oxygen atoms in total. The third-order valence-electron chi connectivity index (χ3n) is 5.06. The molecule has 3 rings (SSSR count). The van der Waals surface area contributed by atoms with E-state index in [1.54, 1.807) is 11.5 Å². The zero-order valence-electron chi connectivity index (χ0n) is 15.1. The van der Waals surface area contributed by atoms with Crippen molar-refractivity contribution in [2.45, 2.75) is 51.5 Å². The van der Waals surface area contributed by atoms with Gasteiger partial charge in [-0.2, -0.15) is 4.37 Å². The summed E-state index contributed by atoms with van der Waals surface area (Å²) < 4.78 is 4.61. The molecule has 2 aliphatic rings. The van der Waals surface area contributed by atoms with E-state index in [1.807, 2.05) is 0 Å². The van der Waals surface area contributed by atoms with Gasteiger partial charge >= 0.3 is 0 Å². The zero-order chi connectivity index (χ0) is 16.4. The predicted octanol–water partition coefficient (Wildman–Crippen LogP) is 2.44. The molecular weight excluding hydrogens is 306 g/mol. The number of rotatable bonds is 2. The molecule has 0 aliphatic carbocycles. The maximum absolute atomic E-state index is 4.85. The second kappa shape index (κ2) is 7.03. The summed E-state index contributed by atoms with van der Waals surface area (Å²) in [6, 6.07) is 0.674. The molecule has 1 aromatic rings. The quantitative estimate of drug-likeness (QED) is 0.828. The lowest BCUT2D eigenvalue weighted by atomic mass is 9.96. The van der Waals surface area contributed by atoms with Gasteiger partial charge in [0.05, 0.1) is 0 Å². The first-order valence-electron chi connectivity index (χ1n) is 8.95. The highest BCUT2D eigenvalue weighted by Gasteiger charge is 2.28. The van der Waals surface area contributed by atoms with Crippen molar-refractivity contribution in [1.29, 1.82) is 0 Å². The van der Waals surface area contributed by atoms with E-state index >= 15 is 0 Å². The van der Waals surface area contributed by atoms with E-state index in [1.165, 1.54) is 45.4 Å². The van der Waals surface area contributed by atoms with Crippen LogP contribution in [0.15, 0.2) is 0 Å². The fourth-order valence-electron chi connectivity index (χ4n) is 3.43. The summed E-state index contributed by atoms with van der Waals surface area (Å²) in [6.07, 6.45) is 3.93. The van der Waals surface area contributed by atoms with Gasteiger partial charge in [0.1, 0.15) is 5.82 Å². The van der Waals surface area contributed by atoms with Gasteiger partial charge in [0.2, 0.25) is 5.13 Å². The standard InChI is InChI=1S/C17H31N5S/c1-17(2,3)15-18-16(23-19-15)22-8-6-5-7-14(13-22)21-11-9-20(4)10-12-21/h14H,5-13H2,1-4H3. The molecule has 130 valence electrons. The van der Waals surface area contributed by atoms with E-state index in [-0.39, 0.29) is 5.41 Å². The molecular formula is C17H31N5S. The van der Waals surface area contributed by atoms with Gasteiger partial charge in [-0.25, -0.2) is 4.98 Å². The van der Waals surface area contributed by atoms with Crippen LogP contribution in [0.3, 0.4) is 0 Å². The Morgan fingerprint density at radius 1 is 1.04 bits per heavy atom. The van der Waals surface area contributed by atoms with Crippen LogP contribution >= 0.6 is 11.5 Å². The van der Waals surface area contributed by atoms with Crippen LogP contribution in [-0.2, 0) is 5.41 Å².